The van der Waals surface area contributed by atoms with E-state index in [1.54, 1.807) is 12.1 Å². The van der Waals surface area contributed by atoms with Gasteiger partial charge in [-0.1, -0.05) is 23.7 Å². The van der Waals surface area contributed by atoms with Crippen LogP contribution in [0.3, 0.4) is 0 Å². The normalized spacial score (nSPS) is 11.4. The van der Waals surface area contributed by atoms with Gasteiger partial charge in [0, 0.05) is 17.3 Å². The number of hydrogen-bond acceptors (Lipinski definition) is 7. The Morgan fingerprint density at radius 2 is 1.82 bits per heavy atom. The quantitative estimate of drug-likeness (QED) is 0.221. The van der Waals surface area contributed by atoms with Gasteiger partial charge in [-0.2, -0.15) is 0 Å². The number of nitrogens with zero attached hydrogens (tertiary/aromatic N) is 4. The fourth-order valence-electron chi connectivity index (χ4n) is 3.57. The molecule has 192 valence electrons. The van der Waals surface area contributed by atoms with Crippen molar-refractivity contribution in [1.29, 1.82) is 0 Å². The Hall–Kier alpha value is -4.78. The number of pyridine rings is 1. The highest BCUT2D eigenvalue weighted by Gasteiger charge is 2.33. The van der Waals surface area contributed by atoms with Gasteiger partial charge in [0.2, 0.25) is 0 Å². The molecule has 0 aliphatic carbocycles. The number of anilines is 3. The molecule has 2 aromatic carbocycles. The molecule has 3 heterocycles. The number of fused-ring (bicyclic) bond motifs is 1. The van der Waals surface area contributed by atoms with E-state index in [2.05, 4.69) is 40.3 Å². The fraction of sp³-hybridized carbons (Fsp3) is 0.0417. The number of alkyl halides is 3. The van der Waals surface area contributed by atoms with Crippen molar-refractivity contribution in [1.82, 2.24) is 24.9 Å². The van der Waals surface area contributed by atoms with Gasteiger partial charge in [0.25, 0.3) is 5.91 Å². The second kappa shape index (κ2) is 9.94. The van der Waals surface area contributed by atoms with Gasteiger partial charge in [-0.3, -0.25) is 4.79 Å². The average molecular weight is 544 g/mol. The monoisotopic (exact) mass is 543 g/mol. The van der Waals surface area contributed by atoms with Crippen LogP contribution < -0.4 is 15.4 Å². The number of hydrogen-bond donors (Lipinski definition) is 3. The zero-order valence-electron chi connectivity index (χ0n) is 18.8. The van der Waals surface area contributed by atoms with Crippen molar-refractivity contribution in [2.75, 3.05) is 10.6 Å². The van der Waals surface area contributed by atoms with Gasteiger partial charge in [-0.25, -0.2) is 24.3 Å². The molecule has 0 atom stereocenters. The number of carbonyl (C=O) groups is 1. The number of amides is 1. The van der Waals surface area contributed by atoms with Crippen LogP contribution in [0.25, 0.3) is 22.4 Å². The highest BCUT2D eigenvalue weighted by molar-refractivity contribution is 6.35. The predicted molar refractivity (Wildman–Crippen MR) is 131 cm³/mol. The maximum Gasteiger partial charge on any atom is 0.573 e. The largest absolute Gasteiger partial charge is 0.573 e. The van der Waals surface area contributed by atoms with Crippen LogP contribution in [0.4, 0.5) is 34.8 Å². The summed E-state index contributed by atoms with van der Waals surface area (Å²) in [6.07, 6.45) is -0.940. The molecule has 0 unspecified atom stereocenters. The summed E-state index contributed by atoms with van der Waals surface area (Å²) in [5.74, 6) is -2.34. The predicted octanol–water partition coefficient (Wildman–Crippen LogP) is 6.10. The first kappa shape index (κ1) is 24.9. The van der Waals surface area contributed by atoms with Crippen LogP contribution in [0.15, 0.2) is 67.4 Å². The first-order chi connectivity index (χ1) is 18.2. The second-order valence-corrected chi connectivity index (χ2v) is 8.04. The molecule has 3 aromatic heterocycles. The van der Waals surface area contributed by atoms with E-state index in [0.717, 1.165) is 12.1 Å². The number of aromatic nitrogens is 5. The van der Waals surface area contributed by atoms with Crippen LogP contribution in [0.1, 0.15) is 10.4 Å². The summed E-state index contributed by atoms with van der Waals surface area (Å²) >= 11 is 6.25. The standard InChI is InChI=1S/C24H14ClF4N7O2/c25-18-16(35-21-13(4-3-7-30-21)19-20-22(33-10-31-19)34-11-32-20)8-12(9-17(18)38-24(27,28)29)23(37)36-15-6-2-1-5-14(15)26/h1-11H,(H,30,35)(H,36,37)(H,31,32,33,34). The van der Waals surface area contributed by atoms with E-state index in [1.165, 1.54) is 43.1 Å². The van der Waals surface area contributed by atoms with E-state index in [4.69, 9.17) is 11.6 Å². The number of carbonyl (C=O) groups excluding carboxylic acids is 1. The number of benzene rings is 2. The van der Waals surface area contributed by atoms with E-state index in [-0.39, 0.29) is 22.8 Å². The van der Waals surface area contributed by atoms with Gasteiger partial charge in [-0.15, -0.1) is 13.2 Å². The number of aromatic amines is 1. The van der Waals surface area contributed by atoms with Crippen molar-refractivity contribution in [2.45, 2.75) is 6.36 Å². The number of rotatable bonds is 6. The van der Waals surface area contributed by atoms with Crippen LogP contribution in [0.5, 0.6) is 5.75 Å². The molecule has 14 heteroatoms. The lowest BCUT2D eigenvalue weighted by Crippen LogP contribution is -2.19. The molecule has 9 nitrogen and oxygen atoms in total. The number of imidazole rings is 1. The number of halogens is 5. The van der Waals surface area contributed by atoms with Crippen molar-refractivity contribution in [3.05, 3.63) is 83.8 Å². The Morgan fingerprint density at radius 1 is 1.00 bits per heavy atom. The minimum atomic E-state index is -5.11. The number of para-hydroxylation sites is 1. The molecule has 0 aliphatic rings. The molecule has 5 rings (SSSR count). The third-order valence-corrected chi connectivity index (χ3v) is 5.58. The first-order valence-corrected chi connectivity index (χ1v) is 11.1. The molecule has 0 bridgehead atoms. The first-order valence-electron chi connectivity index (χ1n) is 10.7. The Labute approximate surface area is 215 Å². The Bertz CT molecular complexity index is 1660. The van der Waals surface area contributed by atoms with Crippen molar-refractivity contribution >= 4 is 45.9 Å². The average Bonchev–Trinajstić information content (AvgIpc) is 3.36. The maximum absolute atomic E-state index is 14.0. The minimum Gasteiger partial charge on any atom is -0.404 e. The molecule has 3 N–H and O–H groups in total. The van der Waals surface area contributed by atoms with E-state index in [0.29, 0.717) is 22.4 Å². The summed E-state index contributed by atoms with van der Waals surface area (Å²) in [5, 5.41) is 4.69. The zero-order chi connectivity index (χ0) is 26.9. The summed E-state index contributed by atoms with van der Waals surface area (Å²) in [6, 6.07) is 10.6. The van der Waals surface area contributed by atoms with E-state index in [9.17, 15) is 22.4 Å². The summed E-state index contributed by atoms with van der Waals surface area (Å²) in [6.45, 7) is 0. The number of nitrogens with one attached hydrogen (secondary N) is 3. The number of ether oxygens (including phenoxy) is 1. The lowest BCUT2D eigenvalue weighted by Gasteiger charge is -2.17. The van der Waals surface area contributed by atoms with Crippen LogP contribution in [0, 0.1) is 5.82 Å². The summed E-state index contributed by atoms with van der Waals surface area (Å²) in [5.41, 5.74) is 1.11. The molecule has 5 aromatic rings. The SMILES string of the molecule is O=C(Nc1ccccc1F)c1cc(Nc2ncccc2-c2ncnc3nc[nH]c23)c(Cl)c(OC(F)(F)F)c1. The lowest BCUT2D eigenvalue weighted by atomic mass is 10.1. The smallest absolute Gasteiger partial charge is 0.404 e. The maximum atomic E-state index is 14.0. The highest BCUT2D eigenvalue weighted by atomic mass is 35.5. The van der Waals surface area contributed by atoms with E-state index < -0.39 is 28.9 Å². The zero-order valence-corrected chi connectivity index (χ0v) is 19.6. The van der Waals surface area contributed by atoms with E-state index in [1.807, 2.05) is 0 Å². The van der Waals surface area contributed by atoms with Gasteiger partial charge in [0.05, 0.1) is 17.7 Å². The summed E-state index contributed by atoms with van der Waals surface area (Å²) in [7, 11) is 0. The van der Waals surface area contributed by atoms with Crippen LogP contribution in [-0.4, -0.2) is 37.2 Å². The molecule has 0 radical (unpaired) electrons. The van der Waals surface area contributed by atoms with Gasteiger partial charge in [0.15, 0.2) is 11.4 Å². The number of H-pyrrole nitrogens is 1. The van der Waals surface area contributed by atoms with Gasteiger partial charge < -0.3 is 20.4 Å². The molecule has 0 fully saturated rings. The molecule has 38 heavy (non-hydrogen) atoms. The molecule has 1 amide bonds. The third-order valence-electron chi connectivity index (χ3n) is 5.19. The molecular weight excluding hydrogens is 530 g/mol. The minimum absolute atomic E-state index is 0.137. The van der Waals surface area contributed by atoms with Crippen LogP contribution >= 0.6 is 11.6 Å². The van der Waals surface area contributed by atoms with Crippen LogP contribution in [0.2, 0.25) is 5.02 Å². The van der Waals surface area contributed by atoms with Crippen molar-refractivity contribution in [2.24, 2.45) is 0 Å². The molecule has 0 saturated heterocycles. The van der Waals surface area contributed by atoms with Gasteiger partial charge >= 0.3 is 6.36 Å². The fourth-order valence-corrected chi connectivity index (χ4v) is 3.76. The highest BCUT2D eigenvalue weighted by Crippen LogP contribution is 2.40. The Kier molecular flexibility index (Phi) is 6.51. The van der Waals surface area contributed by atoms with Crippen LogP contribution in [-0.2, 0) is 0 Å². The molecule has 0 aliphatic heterocycles. The van der Waals surface area contributed by atoms with Crippen molar-refractivity contribution in [3.8, 4) is 17.0 Å². The Morgan fingerprint density at radius 3 is 2.61 bits per heavy atom. The van der Waals surface area contributed by atoms with Gasteiger partial charge in [0.1, 0.15) is 34.2 Å². The van der Waals surface area contributed by atoms with Gasteiger partial charge in [-0.05, 0) is 36.4 Å². The van der Waals surface area contributed by atoms with Crippen molar-refractivity contribution < 1.29 is 27.1 Å². The molecular formula is C24H14ClF4N7O2. The van der Waals surface area contributed by atoms with E-state index >= 15 is 0 Å². The third kappa shape index (κ3) is 5.18. The Balaban J connectivity index is 1.57. The summed E-state index contributed by atoms with van der Waals surface area (Å²) < 4.78 is 57.5. The van der Waals surface area contributed by atoms with Crippen molar-refractivity contribution in [3.63, 3.8) is 0 Å². The topological polar surface area (TPSA) is 118 Å². The molecule has 0 spiro atoms. The summed E-state index contributed by atoms with van der Waals surface area (Å²) in [4.78, 5) is 32.5. The lowest BCUT2D eigenvalue weighted by molar-refractivity contribution is -0.274. The molecule has 0 saturated carbocycles. The second-order valence-electron chi connectivity index (χ2n) is 7.67.